The number of fused-ring (bicyclic) bond motifs is 1. The van der Waals surface area contributed by atoms with Crippen LogP contribution in [0.3, 0.4) is 0 Å². The lowest BCUT2D eigenvalue weighted by molar-refractivity contribution is 0.0706. The van der Waals surface area contributed by atoms with Crippen LogP contribution in [0.15, 0.2) is 52.9 Å². The van der Waals surface area contributed by atoms with Crippen molar-refractivity contribution in [3.63, 3.8) is 0 Å². The predicted octanol–water partition coefficient (Wildman–Crippen LogP) is 3.39. The summed E-state index contributed by atoms with van der Waals surface area (Å²) in [6.45, 7) is 1.25. The van der Waals surface area contributed by atoms with Gasteiger partial charge in [0.25, 0.3) is 5.91 Å². The number of carbonyl (C=O) groups excluding carboxylic acids is 1. The molecule has 28 heavy (non-hydrogen) atoms. The minimum Gasteiger partial charge on any atom is -0.440 e. The molecule has 0 saturated carbocycles. The van der Waals surface area contributed by atoms with Crippen LogP contribution in [-0.4, -0.2) is 43.6 Å². The Kier molecular flexibility index (Phi) is 4.93. The van der Waals surface area contributed by atoms with Gasteiger partial charge in [0.2, 0.25) is 0 Å². The maximum Gasteiger partial charge on any atom is 0.253 e. The van der Waals surface area contributed by atoms with E-state index in [1.165, 1.54) is 6.26 Å². The number of piperidine rings is 1. The normalized spacial score (nSPS) is 15.8. The van der Waals surface area contributed by atoms with Crippen molar-refractivity contribution in [1.82, 2.24) is 9.88 Å². The molecular formula is C21H22N2O4S. The number of nitrogens with zero attached hydrogens (tertiary/aromatic N) is 2. The van der Waals surface area contributed by atoms with Crippen LogP contribution in [0, 0.1) is 0 Å². The lowest BCUT2D eigenvalue weighted by atomic mass is 9.96. The second-order valence-electron chi connectivity index (χ2n) is 7.36. The highest BCUT2D eigenvalue weighted by molar-refractivity contribution is 7.89. The summed E-state index contributed by atoms with van der Waals surface area (Å²) >= 11 is 0. The maximum absolute atomic E-state index is 12.8. The fraction of sp³-hybridized carbons (Fsp3) is 0.333. The van der Waals surface area contributed by atoms with E-state index in [-0.39, 0.29) is 17.6 Å². The van der Waals surface area contributed by atoms with Crippen molar-refractivity contribution in [2.24, 2.45) is 0 Å². The van der Waals surface area contributed by atoms with Gasteiger partial charge in [-0.05, 0) is 42.7 Å². The van der Waals surface area contributed by atoms with E-state index in [4.69, 9.17) is 4.42 Å². The first-order valence-electron chi connectivity index (χ1n) is 9.30. The quantitative estimate of drug-likeness (QED) is 0.673. The van der Waals surface area contributed by atoms with Crippen LogP contribution in [0.4, 0.5) is 0 Å². The molecular weight excluding hydrogens is 376 g/mol. The number of amides is 1. The molecule has 1 fully saturated rings. The van der Waals surface area contributed by atoms with Gasteiger partial charge in [0.15, 0.2) is 21.3 Å². The molecule has 1 aliphatic rings. The number of sulfone groups is 1. The lowest BCUT2D eigenvalue weighted by Crippen LogP contribution is -2.38. The summed E-state index contributed by atoms with van der Waals surface area (Å²) in [5, 5.41) is 0. The van der Waals surface area contributed by atoms with E-state index in [1.807, 2.05) is 29.2 Å². The van der Waals surface area contributed by atoms with Crippen LogP contribution >= 0.6 is 0 Å². The van der Waals surface area contributed by atoms with Gasteiger partial charge in [-0.15, -0.1) is 0 Å². The maximum atomic E-state index is 12.8. The van der Waals surface area contributed by atoms with Crippen molar-refractivity contribution >= 4 is 26.8 Å². The van der Waals surface area contributed by atoms with Gasteiger partial charge in [-0.1, -0.05) is 24.3 Å². The van der Waals surface area contributed by atoms with E-state index in [9.17, 15) is 13.2 Å². The monoisotopic (exact) mass is 398 g/mol. The third-order valence-electron chi connectivity index (χ3n) is 5.04. The van der Waals surface area contributed by atoms with Gasteiger partial charge in [0.1, 0.15) is 5.52 Å². The van der Waals surface area contributed by atoms with Crippen molar-refractivity contribution in [1.29, 1.82) is 0 Å². The Labute approximate surface area is 164 Å². The minimum absolute atomic E-state index is 0.0616. The zero-order valence-corrected chi connectivity index (χ0v) is 16.5. The summed E-state index contributed by atoms with van der Waals surface area (Å²) in [6.07, 6.45) is 2.78. The average Bonchev–Trinajstić information content (AvgIpc) is 3.11. The number of rotatable bonds is 4. The second kappa shape index (κ2) is 7.39. The molecule has 146 valence electrons. The highest BCUT2D eigenvalue weighted by atomic mass is 32.2. The van der Waals surface area contributed by atoms with Gasteiger partial charge < -0.3 is 9.32 Å². The van der Waals surface area contributed by atoms with Gasteiger partial charge in [0, 0.05) is 30.8 Å². The molecule has 1 aliphatic heterocycles. The van der Waals surface area contributed by atoms with E-state index < -0.39 is 9.84 Å². The van der Waals surface area contributed by atoms with E-state index in [0.29, 0.717) is 24.2 Å². The van der Waals surface area contributed by atoms with Gasteiger partial charge in [-0.25, -0.2) is 13.4 Å². The Morgan fingerprint density at radius 2 is 1.89 bits per heavy atom. The summed E-state index contributed by atoms with van der Waals surface area (Å²) < 4.78 is 28.9. The van der Waals surface area contributed by atoms with Gasteiger partial charge >= 0.3 is 0 Å². The van der Waals surface area contributed by atoms with Crippen LogP contribution in [-0.2, 0) is 15.6 Å². The highest BCUT2D eigenvalue weighted by Gasteiger charge is 2.27. The number of para-hydroxylation sites is 2. The van der Waals surface area contributed by atoms with E-state index in [0.717, 1.165) is 29.8 Å². The van der Waals surface area contributed by atoms with Crippen molar-refractivity contribution in [3.05, 3.63) is 65.5 Å². The van der Waals surface area contributed by atoms with Crippen LogP contribution in [0.2, 0.25) is 0 Å². The summed E-state index contributed by atoms with van der Waals surface area (Å²) in [5.74, 6) is 0.816. The molecule has 0 unspecified atom stereocenters. The standard InChI is InChI=1S/C21H22N2O4S/c1-28(25,26)14-15-5-4-6-17(13-15)21(24)23-11-9-16(10-12-23)20-22-18-7-2-3-8-19(18)27-20/h2-8,13,16H,9-12,14H2,1H3. The Morgan fingerprint density at radius 3 is 2.61 bits per heavy atom. The van der Waals surface area contributed by atoms with E-state index >= 15 is 0 Å². The number of aromatic nitrogens is 1. The first-order valence-corrected chi connectivity index (χ1v) is 11.4. The molecule has 0 spiro atoms. The van der Waals surface area contributed by atoms with Crippen molar-refractivity contribution in [2.45, 2.75) is 24.5 Å². The molecule has 2 heterocycles. The number of carbonyl (C=O) groups is 1. The molecule has 4 rings (SSSR count). The van der Waals surface area contributed by atoms with Gasteiger partial charge in [-0.3, -0.25) is 4.79 Å². The Balaban J connectivity index is 1.43. The molecule has 7 heteroatoms. The lowest BCUT2D eigenvalue weighted by Gasteiger charge is -2.30. The van der Waals surface area contributed by atoms with E-state index in [2.05, 4.69) is 4.98 Å². The molecule has 0 radical (unpaired) electrons. The van der Waals surface area contributed by atoms with Crippen molar-refractivity contribution < 1.29 is 17.6 Å². The molecule has 0 atom stereocenters. The molecule has 0 aliphatic carbocycles. The van der Waals surface area contributed by atoms with Gasteiger partial charge in [-0.2, -0.15) is 0 Å². The van der Waals surface area contributed by atoms with Crippen molar-refractivity contribution in [2.75, 3.05) is 19.3 Å². The first-order chi connectivity index (χ1) is 13.4. The number of benzene rings is 2. The SMILES string of the molecule is CS(=O)(=O)Cc1cccc(C(=O)N2CCC(c3nc4ccccc4o3)CC2)c1. The average molecular weight is 398 g/mol. The van der Waals surface area contributed by atoms with Gasteiger partial charge in [0.05, 0.1) is 5.75 Å². The number of hydrogen-bond donors (Lipinski definition) is 0. The zero-order valence-electron chi connectivity index (χ0n) is 15.7. The van der Waals surface area contributed by atoms with Crippen LogP contribution in [0.5, 0.6) is 0 Å². The first kappa shape index (κ1) is 18.7. The van der Waals surface area contributed by atoms with E-state index in [1.54, 1.807) is 24.3 Å². The molecule has 0 bridgehead atoms. The molecule has 0 N–H and O–H groups in total. The van der Waals surface area contributed by atoms with Crippen LogP contribution < -0.4 is 0 Å². The topological polar surface area (TPSA) is 80.5 Å². The third kappa shape index (κ3) is 4.09. The number of likely N-dealkylation sites (tertiary alicyclic amines) is 1. The third-order valence-corrected chi connectivity index (χ3v) is 5.90. The highest BCUT2D eigenvalue weighted by Crippen LogP contribution is 2.30. The van der Waals surface area contributed by atoms with Crippen LogP contribution in [0.1, 0.15) is 40.6 Å². The summed E-state index contributed by atoms with van der Waals surface area (Å²) in [6, 6.07) is 14.6. The number of hydrogen-bond acceptors (Lipinski definition) is 5. The smallest absolute Gasteiger partial charge is 0.253 e. The molecule has 2 aromatic carbocycles. The fourth-order valence-electron chi connectivity index (χ4n) is 3.67. The molecule has 1 saturated heterocycles. The second-order valence-corrected chi connectivity index (χ2v) is 9.50. The largest absolute Gasteiger partial charge is 0.440 e. The number of oxazole rings is 1. The molecule has 6 nitrogen and oxygen atoms in total. The van der Waals surface area contributed by atoms with Crippen LogP contribution in [0.25, 0.3) is 11.1 Å². The molecule has 1 amide bonds. The Hall–Kier alpha value is -2.67. The summed E-state index contributed by atoms with van der Waals surface area (Å²) in [4.78, 5) is 19.2. The van der Waals surface area contributed by atoms with Crippen molar-refractivity contribution in [3.8, 4) is 0 Å². The predicted molar refractivity (Wildman–Crippen MR) is 107 cm³/mol. The minimum atomic E-state index is -3.14. The zero-order chi connectivity index (χ0) is 19.7. The molecule has 3 aromatic rings. The molecule has 1 aromatic heterocycles. The summed E-state index contributed by atoms with van der Waals surface area (Å²) in [7, 11) is -3.14. The summed E-state index contributed by atoms with van der Waals surface area (Å²) in [5.41, 5.74) is 2.81. The Bertz CT molecular complexity index is 1080. The fourth-order valence-corrected chi connectivity index (χ4v) is 4.46. The Morgan fingerprint density at radius 1 is 1.14 bits per heavy atom.